The summed E-state index contributed by atoms with van der Waals surface area (Å²) in [7, 11) is 0. The van der Waals surface area contributed by atoms with Gasteiger partial charge in [-0.1, -0.05) is 109 Å². The topological polar surface area (TPSA) is 46.2 Å². The van der Waals surface area contributed by atoms with Crippen LogP contribution in [0.15, 0.2) is 121 Å². The third-order valence-electron chi connectivity index (χ3n) is 6.23. The first-order valence-electron chi connectivity index (χ1n) is 12.6. The van der Waals surface area contributed by atoms with E-state index in [4.69, 9.17) is 23.7 Å². The standard InChI is InChI=1S/C32H32O5/c1-5-13-25(14-6-1)21-33-24-29-30(34-22-26-15-7-2-8-16-26)31(35-23-27-17-9-3-10-18-27)32(37-29)36-28-19-11-4-12-20-28/h1-20,29-32H,21-24H2/t29-,30-,31+,32+/m1/s1. The summed E-state index contributed by atoms with van der Waals surface area (Å²) >= 11 is 0. The Hall–Kier alpha value is -3.48. The van der Waals surface area contributed by atoms with Gasteiger partial charge in [-0.05, 0) is 28.8 Å². The molecule has 1 aliphatic heterocycles. The predicted octanol–water partition coefficient (Wildman–Crippen LogP) is 6.18. The van der Waals surface area contributed by atoms with Gasteiger partial charge in [-0.15, -0.1) is 0 Å². The molecule has 190 valence electrons. The fourth-order valence-electron chi connectivity index (χ4n) is 4.33. The lowest BCUT2D eigenvalue weighted by atomic mass is 10.1. The van der Waals surface area contributed by atoms with E-state index in [-0.39, 0.29) is 12.2 Å². The molecule has 0 radical (unpaired) electrons. The number of para-hydroxylation sites is 1. The monoisotopic (exact) mass is 496 g/mol. The van der Waals surface area contributed by atoms with Crippen LogP contribution < -0.4 is 4.74 Å². The summed E-state index contributed by atoms with van der Waals surface area (Å²) in [6.07, 6.45) is -1.83. The normalized spacial score (nSPS) is 21.1. The van der Waals surface area contributed by atoms with Gasteiger partial charge in [0.15, 0.2) is 0 Å². The quantitative estimate of drug-likeness (QED) is 0.234. The highest BCUT2D eigenvalue weighted by Crippen LogP contribution is 2.31. The van der Waals surface area contributed by atoms with E-state index in [0.29, 0.717) is 32.2 Å². The van der Waals surface area contributed by atoms with E-state index in [9.17, 15) is 0 Å². The maximum atomic E-state index is 6.46. The molecule has 37 heavy (non-hydrogen) atoms. The molecule has 5 nitrogen and oxygen atoms in total. The molecule has 0 unspecified atom stereocenters. The molecule has 1 heterocycles. The molecule has 0 N–H and O–H groups in total. The molecular formula is C32H32O5. The lowest BCUT2D eigenvalue weighted by Gasteiger charge is -2.25. The zero-order valence-corrected chi connectivity index (χ0v) is 20.7. The Morgan fingerprint density at radius 3 is 1.51 bits per heavy atom. The van der Waals surface area contributed by atoms with E-state index >= 15 is 0 Å². The zero-order valence-electron chi connectivity index (χ0n) is 20.7. The van der Waals surface area contributed by atoms with Crippen LogP contribution >= 0.6 is 0 Å². The zero-order chi connectivity index (χ0) is 25.1. The van der Waals surface area contributed by atoms with Gasteiger partial charge < -0.3 is 23.7 Å². The second-order valence-corrected chi connectivity index (χ2v) is 9.00. The van der Waals surface area contributed by atoms with Gasteiger partial charge in [0.25, 0.3) is 0 Å². The van der Waals surface area contributed by atoms with Crippen LogP contribution in [0.25, 0.3) is 0 Å². The summed E-state index contributed by atoms with van der Waals surface area (Å²) in [6, 6.07) is 40.0. The molecule has 4 atom stereocenters. The van der Waals surface area contributed by atoms with E-state index in [0.717, 1.165) is 16.7 Å². The molecule has 0 amide bonds. The van der Waals surface area contributed by atoms with Crippen LogP contribution in [0.2, 0.25) is 0 Å². The Morgan fingerprint density at radius 1 is 0.514 bits per heavy atom. The molecular weight excluding hydrogens is 464 g/mol. The predicted molar refractivity (Wildman–Crippen MR) is 142 cm³/mol. The number of benzene rings is 4. The van der Waals surface area contributed by atoms with Crippen molar-refractivity contribution in [1.29, 1.82) is 0 Å². The van der Waals surface area contributed by atoms with E-state index in [1.54, 1.807) is 0 Å². The minimum Gasteiger partial charge on any atom is -0.462 e. The van der Waals surface area contributed by atoms with Gasteiger partial charge in [-0.25, -0.2) is 0 Å². The first-order chi connectivity index (χ1) is 18.3. The average molecular weight is 497 g/mol. The van der Waals surface area contributed by atoms with E-state index in [2.05, 4.69) is 12.1 Å². The number of rotatable bonds is 12. The number of hydrogen-bond acceptors (Lipinski definition) is 5. The Morgan fingerprint density at radius 2 is 0.973 bits per heavy atom. The van der Waals surface area contributed by atoms with Crippen molar-refractivity contribution in [3.63, 3.8) is 0 Å². The fourth-order valence-corrected chi connectivity index (χ4v) is 4.33. The van der Waals surface area contributed by atoms with Crippen molar-refractivity contribution in [2.45, 2.75) is 44.4 Å². The molecule has 0 aromatic heterocycles. The molecule has 5 heteroatoms. The van der Waals surface area contributed by atoms with Crippen molar-refractivity contribution >= 4 is 0 Å². The van der Waals surface area contributed by atoms with Crippen molar-refractivity contribution in [2.75, 3.05) is 6.61 Å². The maximum absolute atomic E-state index is 6.46. The van der Waals surface area contributed by atoms with Crippen LogP contribution in [-0.4, -0.2) is 31.2 Å². The van der Waals surface area contributed by atoms with Crippen LogP contribution in [0.1, 0.15) is 16.7 Å². The van der Waals surface area contributed by atoms with Gasteiger partial charge in [-0.3, -0.25) is 0 Å². The Kier molecular flexibility index (Phi) is 8.97. The summed E-state index contributed by atoms with van der Waals surface area (Å²) in [5, 5.41) is 0. The average Bonchev–Trinajstić information content (AvgIpc) is 3.28. The molecule has 0 bridgehead atoms. The first kappa shape index (κ1) is 25.2. The van der Waals surface area contributed by atoms with Gasteiger partial charge in [-0.2, -0.15) is 0 Å². The van der Waals surface area contributed by atoms with Crippen molar-refractivity contribution in [2.24, 2.45) is 0 Å². The molecule has 1 saturated heterocycles. The van der Waals surface area contributed by atoms with Crippen LogP contribution in [0.4, 0.5) is 0 Å². The maximum Gasteiger partial charge on any atom is 0.229 e. The smallest absolute Gasteiger partial charge is 0.229 e. The molecule has 4 aromatic rings. The summed E-state index contributed by atoms with van der Waals surface area (Å²) in [4.78, 5) is 0. The Bertz CT molecular complexity index is 1170. The lowest BCUT2D eigenvalue weighted by molar-refractivity contribution is -0.138. The summed E-state index contributed by atoms with van der Waals surface area (Å²) in [6.45, 7) is 1.71. The molecule has 0 aliphatic carbocycles. The second kappa shape index (κ2) is 13.2. The van der Waals surface area contributed by atoms with Crippen molar-refractivity contribution in [3.8, 4) is 5.75 Å². The molecule has 1 fully saturated rings. The third-order valence-corrected chi connectivity index (χ3v) is 6.23. The van der Waals surface area contributed by atoms with Crippen molar-refractivity contribution in [1.82, 2.24) is 0 Å². The van der Waals surface area contributed by atoms with Gasteiger partial charge in [0.1, 0.15) is 24.1 Å². The van der Waals surface area contributed by atoms with Crippen LogP contribution in [0, 0.1) is 0 Å². The Balaban J connectivity index is 1.33. The number of ether oxygens (including phenoxy) is 5. The largest absolute Gasteiger partial charge is 0.462 e. The molecule has 5 rings (SSSR count). The van der Waals surface area contributed by atoms with Crippen molar-refractivity contribution in [3.05, 3.63) is 138 Å². The van der Waals surface area contributed by atoms with Crippen LogP contribution in [0.3, 0.4) is 0 Å². The Labute approximate surface area is 218 Å². The second-order valence-electron chi connectivity index (χ2n) is 9.00. The van der Waals surface area contributed by atoms with Gasteiger partial charge in [0, 0.05) is 0 Å². The third kappa shape index (κ3) is 7.28. The number of hydrogen-bond donors (Lipinski definition) is 0. The molecule has 0 spiro atoms. The van der Waals surface area contributed by atoms with Crippen LogP contribution in [0.5, 0.6) is 5.75 Å². The van der Waals surface area contributed by atoms with E-state index in [1.807, 2.05) is 109 Å². The highest BCUT2D eigenvalue weighted by Gasteiger charge is 2.48. The minimum absolute atomic E-state index is 0.355. The summed E-state index contributed by atoms with van der Waals surface area (Å²) < 4.78 is 31.7. The fraction of sp³-hybridized carbons (Fsp3) is 0.250. The highest BCUT2D eigenvalue weighted by atomic mass is 16.7. The van der Waals surface area contributed by atoms with Gasteiger partial charge in [0.2, 0.25) is 6.29 Å². The molecule has 0 saturated carbocycles. The van der Waals surface area contributed by atoms with Crippen LogP contribution in [-0.2, 0) is 38.8 Å². The van der Waals surface area contributed by atoms with Gasteiger partial charge >= 0.3 is 0 Å². The summed E-state index contributed by atoms with van der Waals surface area (Å²) in [5.41, 5.74) is 3.27. The SMILES string of the molecule is c1ccc(COC[C@H]2O[C@H](Oc3ccccc3)[C@@H](OCc3ccccc3)[C@@H]2OCc2ccccc2)cc1. The van der Waals surface area contributed by atoms with E-state index in [1.165, 1.54) is 0 Å². The molecule has 4 aromatic carbocycles. The summed E-state index contributed by atoms with van der Waals surface area (Å²) in [5.74, 6) is 0.716. The lowest BCUT2D eigenvalue weighted by Crippen LogP contribution is -2.40. The van der Waals surface area contributed by atoms with Gasteiger partial charge in [0.05, 0.1) is 26.4 Å². The van der Waals surface area contributed by atoms with Crippen molar-refractivity contribution < 1.29 is 23.7 Å². The minimum atomic E-state index is -0.641. The highest BCUT2D eigenvalue weighted by molar-refractivity contribution is 5.22. The molecule has 1 aliphatic rings. The first-order valence-corrected chi connectivity index (χ1v) is 12.6. The van der Waals surface area contributed by atoms with E-state index < -0.39 is 12.4 Å².